The summed E-state index contributed by atoms with van der Waals surface area (Å²) in [5.74, 6) is 0.593. The summed E-state index contributed by atoms with van der Waals surface area (Å²) in [5, 5.41) is 0.609. The van der Waals surface area contributed by atoms with Gasteiger partial charge >= 0.3 is 0 Å². The molecule has 0 atom stereocenters. The predicted octanol–water partition coefficient (Wildman–Crippen LogP) is 4.87. The fourth-order valence-electron chi connectivity index (χ4n) is 2.96. The number of aromatic amines is 1. The van der Waals surface area contributed by atoms with Gasteiger partial charge in [-0.25, -0.2) is 4.98 Å². The number of para-hydroxylation sites is 1. The van der Waals surface area contributed by atoms with Crippen molar-refractivity contribution in [2.24, 2.45) is 0 Å². The van der Waals surface area contributed by atoms with E-state index in [2.05, 4.69) is 54.1 Å². The first kappa shape index (κ1) is 15.3. The summed E-state index contributed by atoms with van der Waals surface area (Å²) in [5.41, 5.74) is 6.40. The van der Waals surface area contributed by atoms with Crippen molar-refractivity contribution in [2.45, 2.75) is 13.8 Å². The minimum Gasteiger partial charge on any atom is -0.306 e. The fourth-order valence-corrected chi connectivity index (χ4v) is 2.96. The third-order valence-electron chi connectivity index (χ3n) is 4.61. The Hall–Kier alpha value is -3.20. The van der Waals surface area contributed by atoms with Gasteiger partial charge in [-0.05, 0) is 48.2 Å². The summed E-state index contributed by atoms with van der Waals surface area (Å²) in [6, 6.07) is 22.0. The summed E-state index contributed by atoms with van der Waals surface area (Å²) in [6.45, 7) is 4.24. The number of nitrogens with zero attached hydrogens (tertiary/aromatic N) is 1. The molecule has 0 spiro atoms. The van der Waals surface area contributed by atoms with E-state index in [1.807, 2.05) is 30.3 Å². The van der Waals surface area contributed by atoms with Crippen LogP contribution in [0.2, 0.25) is 0 Å². The Morgan fingerprint density at radius 2 is 1.44 bits per heavy atom. The molecule has 25 heavy (non-hydrogen) atoms. The lowest BCUT2D eigenvalue weighted by molar-refractivity contribution is 1.18. The van der Waals surface area contributed by atoms with Crippen molar-refractivity contribution in [1.82, 2.24) is 9.97 Å². The van der Waals surface area contributed by atoms with Gasteiger partial charge in [0.1, 0.15) is 5.82 Å². The van der Waals surface area contributed by atoms with Crippen molar-refractivity contribution >= 4 is 10.9 Å². The molecule has 0 amide bonds. The van der Waals surface area contributed by atoms with Crippen LogP contribution in [0.25, 0.3) is 33.4 Å². The van der Waals surface area contributed by atoms with Crippen LogP contribution in [-0.2, 0) is 0 Å². The van der Waals surface area contributed by atoms with Crippen molar-refractivity contribution in [1.29, 1.82) is 0 Å². The van der Waals surface area contributed by atoms with E-state index in [1.165, 1.54) is 16.7 Å². The second kappa shape index (κ2) is 6.02. The maximum absolute atomic E-state index is 12.2. The average molecular weight is 326 g/mol. The number of nitrogens with one attached hydrogen (secondary N) is 1. The maximum atomic E-state index is 12.2. The van der Waals surface area contributed by atoms with Crippen LogP contribution in [0, 0.1) is 13.8 Å². The maximum Gasteiger partial charge on any atom is 0.259 e. The molecular formula is C22H18N2O. The van der Waals surface area contributed by atoms with Crippen molar-refractivity contribution in [3.8, 4) is 22.5 Å². The topological polar surface area (TPSA) is 45.8 Å². The standard InChI is InChI=1S/C22H18N2O/c1-14-7-8-18(13-15(14)2)16-9-11-17(12-10-16)21-23-20-6-4-3-5-19(20)22(25)24-21/h3-13H,1-2H3,(H,23,24,25). The number of aromatic nitrogens is 2. The quantitative estimate of drug-likeness (QED) is 0.571. The Balaban J connectivity index is 1.75. The van der Waals surface area contributed by atoms with E-state index in [4.69, 9.17) is 0 Å². The van der Waals surface area contributed by atoms with Gasteiger partial charge in [0.2, 0.25) is 0 Å². The zero-order chi connectivity index (χ0) is 17.4. The van der Waals surface area contributed by atoms with E-state index in [0.717, 1.165) is 11.1 Å². The molecule has 1 N–H and O–H groups in total. The Labute approximate surface area is 146 Å². The van der Waals surface area contributed by atoms with Gasteiger partial charge < -0.3 is 4.98 Å². The van der Waals surface area contributed by atoms with E-state index in [-0.39, 0.29) is 5.56 Å². The van der Waals surface area contributed by atoms with Gasteiger partial charge in [0.25, 0.3) is 5.56 Å². The van der Waals surface area contributed by atoms with Crippen LogP contribution < -0.4 is 5.56 Å². The van der Waals surface area contributed by atoms with E-state index in [9.17, 15) is 4.79 Å². The smallest absolute Gasteiger partial charge is 0.259 e. The van der Waals surface area contributed by atoms with Crippen molar-refractivity contribution in [2.75, 3.05) is 0 Å². The van der Waals surface area contributed by atoms with Gasteiger partial charge in [-0.1, -0.05) is 54.6 Å². The molecule has 4 rings (SSSR count). The lowest BCUT2D eigenvalue weighted by atomic mass is 9.99. The summed E-state index contributed by atoms with van der Waals surface area (Å²) >= 11 is 0. The third kappa shape index (κ3) is 2.85. The van der Waals surface area contributed by atoms with Crippen LogP contribution in [-0.4, -0.2) is 9.97 Å². The van der Waals surface area contributed by atoms with Crippen LogP contribution in [0.4, 0.5) is 0 Å². The highest BCUT2D eigenvalue weighted by molar-refractivity contribution is 5.79. The molecule has 1 heterocycles. The molecule has 0 unspecified atom stereocenters. The molecule has 1 aromatic heterocycles. The summed E-state index contributed by atoms with van der Waals surface area (Å²) in [7, 11) is 0. The molecule has 3 heteroatoms. The Morgan fingerprint density at radius 3 is 2.20 bits per heavy atom. The molecule has 122 valence electrons. The monoisotopic (exact) mass is 326 g/mol. The number of rotatable bonds is 2. The zero-order valence-corrected chi connectivity index (χ0v) is 14.2. The van der Waals surface area contributed by atoms with Crippen LogP contribution in [0.3, 0.4) is 0 Å². The molecule has 0 aliphatic rings. The second-order valence-electron chi connectivity index (χ2n) is 6.31. The second-order valence-corrected chi connectivity index (χ2v) is 6.31. The van der Waals surface area contributed by atoms with Crippen LogP contribution in [0.15, 0.2) is 71.5 Å². The summed E-state index contributed by atoms with van der Waals surface area (Å²) in [6.07, 6.45) is 0. The molecule has 3 aromatic carbocycles. The third-order valence-corrected chi connectivity index (χ3v) is 4.61. The minimum absolute atomic E-state index is 0.112. The first-order valence-electron chi connectivity index (χ1n) is 8.29. The Kier molecular flexibility index (Phi) is 3.69. The van der Waals surface area contributed by atoms with Gasteiger partial charge in [0.15, 0.2) is 0 Å². The Bertz CT molecular complexity index is 1120. The SMILES string of the molecule is Cc1ccc(-c2ccc(-c3nc4ccccc4c(=O)[nH]3)cc2)cc1C. The number of fused-ring (bicyclic) bond motifs is 1. The molecule has 0 saturated heterocycles. The molecule has 3 nitrogen and oxygen atoms in total. The number of hydrogen-bond acceptors (Lipinski definition) is 2. The molecule has 0 saturated carbocycles. The van der Waals surface area contributed by atoms with Gasteiger partial charge in [-0.3, -0.25) is 4.79 Å². The zero-order valence-electron chi connectivity index (χ0n) is 14.2. The molecule has 0 aliphatic carbocycles. The fraction of sp³-hybridized carbons (Fsp3) is 0.0909. The lowest BCUT2D eigenvalue weighted by Gasteiger charge is -2.07. The van der Waals surface area contributed by atoms with E-state index in [1.54, 1.807) is 6.07 Å². The van der Waals surface area contributed by atoms with Gasteiger partial charge in [-0.15, -0.1) is 0 Å². The summed E-state index contributed by atoms with van der Waals surface area (Å²) < 4.78 is 0. The van der Waals surface area contributed by atoms with Crippen LogP contribution in [0.5, 0.6) is 0 Å². The highest BCUT2D eigenvalue weighted by Crippen LogP contribution is 2.25. The lowest BCUT2D eigenvalue weighted by Crippen LogP contribution is -2.09. The molecule has 0 radical (unpaired) electrons. The normalized spacial score (nSPS) is 11.0. The largest absolute Gasteiger partial charge is 0.306 e. The minimum atomic E-state index is -0.112. The van der Waals surface area contributed by atoms with Gasteiger partial charge in [0.05, 0.1) is 10.9 Å². The van der Waals surface area contributed by atoms with Crippen LogP contribution in [0.1, 0.15) is 11.1 Å². The van der Waals surface area contributed by atoms with Crippen LogP contribution >= 0.6 is 0 Å². The van der Waals surface area contributed by atoms with Crippen molar-refractivity contribution < 1.29 is 0 Å². The number of hydrogen-bond donors (Lipinski definition) is 1. The van der Waals surface area contributed by atoms with E-state index < -0.39 is 0 Å². The van der Waals surface area contributed by atoms with E-state index in [0.29, 0.717) is 16.7 Å². The molecule has 4 aromatic rings. The molecule has 0 bridgehead atoms. The molecular weight excluding hydrogens is 308 g/mol. The van der Waals surface area contributed by atoms with Crippen molar-refractivity contribution in [3.05, 3.63) is 88.2 Å². The highest BCUT2D eigenvalue weighted by Gasteiger charge is 2.06. The molecule has 0 aliphatic heterocycles. The number of aryl methyl sites for hydroxylation is 2. The predicted molar refractivity (Wildman–Crippen MR) is 103 cm³/mol. The summed E-state index contributed by atoms with van der Waals surface area (Å²) in [4.78, 5) is 19.7. The number of benzene rings is 3. The first-order valence-corrected chi connectivity index (χ1v) is 8.29. The Morgan fingerprint density at radius 1 is 0.760 bits per heavy atom. The van der Waals surface area contributed by atoms with Crippen molar-refractivity contribution in [3.63, 3.8) is 0 Å². The number of H-pyrrole nitrogens is 1. The van der Waals surface area contributed by atoms with Gasteiger partial charge in [0, 0.05) is 5.56 Å². The van der Waals surface area contributed by atoms with Gasteiger partial charge in [-0.2, -0.15) is 0 Å². The first-order chi connectivity index (χ1) is 12.1. The average Bonchev–Trinajstić information content (AvgIpc) is 2.64. The van der Waals surface area contributed by atoms with E-state index >= 15 is 0 Å². The highest BCUT2D eigenvalue weighted by atomic mass is 16.1. The molecule has 0 fully saturated rings.